The lowest BCUT2D eigenvalue weighted by molar-refractivity contribution is -0.140. The zero-order valence-corrected chi connectivity index (χ0v) is 12.3. The fourth-order valence-electron chi connectivity index (χ4n) is 2.45. The van der Waals surface area contributed by atoms with Crippen LogP contribution in [0.3, 0.4) is 0 Å². The molecule has 1 saturated heterocycles. The molecule has 0 radical (unpaired) electrons. The molecular weight excluding hydrogens is 274 g/mol. The third-order valence-electron chi connectivity index (χ3n) is 3.59. The van der Waals surface area contributed by atoms with Gasteiger partial charge in [0.15, 0.2) is 0 Å². The van der Waals surface area contributed by atoms with Crippen LogP contribution in [-0.2, 0) is 9.59 Å². The number of carboxylic acids is 1. The molecular formula is C15H19NO3S. The Bertz CT molecular complexity index is 477. The van der Waals surface area contributed by atoms with E-state index in [9.17, 15) is 9.59 Å². The number of nitrogens with zero attached hydrogens (tertiary/aromatic N) is 1. The maximum Gasteiger partial charge on any atom is 0.305 e. The van der Waals surface area contributed by atoms with Gasteiger partial charge in [-0.1, -0.05) is 30.3 Å². The van der Waals surface area contributed by atoms with Crippen LogP contribution in [0.1, 0.15) is 24.8 Å². The molecule has 1 aliphatic rings. The maximum atomic E-state index is 12.6. The molecule has 2 rings (SSSR count). The number of carbonyl (C=O) groups is 2. The van der Waals surface area contributed by atoms with E-state index in [1.54, 1.807) is 16.7 Å². The summed E-state index contributed by atoms with van der Waals surface area (Å²) in [5.41, 5.74) is 0.977. The second-order valence-electron chi connectivity index (χ2n) is 4.99. The van der Waals surface area contributed by atoms with E-state index in [0.717, 1.165) is 11.3 Å². The minimum Gasteiger partial charge on any atom is -0.481 e. The first-order chi connectivity index (χ1) is 9.59. The number of aliphatic carboxylic acids is 1. The van der Waals surface area contributed by atoms with E-state index in [-0.39, 0.29) is 24.3 Å². The van der Waals surface area contributed by atoms with Crippen LogP contribution in [0.15, 0.2) is 30.3 Å². The van der Waals surface area contributed by atoms with Crippen molar-refractivity contribution in [2.45, 2.75) is 25.3 Å². The van der Waals surface area contributed by atoms with Crippen molar-refractivity contribution in [3.63, 3.8) is 0 Å². The van der Waals surface area contributed by atoms with Crippen LogP contribution in [0.5, 0.6) is 0 Å². The van der Waals surface area contributed by atoms with Crippen LogP contribution in [0.25, 0.3) is 0 Å². The molecule has 0 aromatic heterocycles. The Morgan fingerprint density at radius 2 is 2.10 bits per heavy atom. The topological polar surface area (TPSA) is 57.6 Å². The molecule has 0 spiro atoms. The first-order valence-electron chi connectivity index (χ1n) is 6.74. The molecule has 1 fully saturated rings. The monoisotopic (exact) mass is 293 g/mol. The van der Waals surface area contributed by atoms with Crippen molar-refractivity contribution in [3.05, 3.63) is 35.9 Å². The van der Waals surface area contributed by atoms with Crippen molar-refractivity contribution in [3.8, 4) is 0 Å². The summed E-state index contributed by atoms with van der Waals surface area (Å²) >= 11 is 1.72. The third-order valence-corrected chi connectivity index (χ3v) is 4.68. The van der Waals surface area contributed by atoms with E-state index in [1.807, 2.05) is 37.3 Å². The highest BCUT2D eigenvalue weighted by molar-refractivity contribution is 7.99. The van der Waals surface area contributed by atoms with Gasteiger partial charge < -0.3 is 10.0 Å². The molecule has 108 valence electrons. The highest BCUT2D eigenvalue weighted by atomic mass is 32.2. The lowest BCUT2D eigenvalue weighted by Crippen LogP contribution is -2.48. The average molecular weight is 293 g/mol. The van der Waals surface area contributed by atoms with Crippen LogP contribution >= 0.6 is 11.8 Å². The van der Waals surface area contributed by atoms with Gasteiger partial charge in [-0.25, -0.2) is 0 Å². The van der Waals surface area contributed by atoms with Crippen LogP contribution in [0, 0.1) is 0 Å². The predicted molar refractivity (Wildman–Crippen MR) is 79.9 cm³/mol. The second kappa shape index (κ2) is 6.79. The van der Waals surface area contributed by atoms with Gasteiger partial charge >= 0.3 is 5.97 Å². The molecule has 20 heavy (non-hydrogen) atoms. The smallest absolute Gasteiger partial charge is 0.305 e. The Morgan fingerprint density at radius 1 is 1.40 bits per heavy atom. The Balaban J connectivity index is 2.11. The minimum atomic E-state index is -0.845. The fourth-order valence-corrected chi connectivity index (χ4v) is 3.51. The summed E-state index contributed by atoms with van der Waals surface area (Å²) in [6.07, 6.45) is 0.0280. The average Bonchev–Trinajstić information content (AvgIpc) is 2.46. The first-order valence-corrected chi connectivity index (χ1v) is 7.90. The van der Waals surface area contributed by atoms with Gasteiger partial charge in [-0.3, -0.25) is 9.59 Å². The minimum absolute atomic E-state index is 0.0280. The van der Waals surface area contributed by atoms with Crippen LogP contribution in [0.4, 0.5) is 0 Å². The lowest BCUT2D eigenvalue weighted by atomic mass is 9.98. The van der Waals surface area contributed by atoms with Gasteiger partial charge in [0.25, 0.3) is 0 Å². The van der Waals surface area contributed by atoms with Gasteiger partial charge in [-0.2, -0.15) is 11.8 Å². The van der Waals surface area contributed by atoms with E-state index in [0.29, 0.717) is 12.3 Å². The molecule has 0 aliphatic carbocycles. The molecule has 2 atom stereocenters. The van der Waals surface area contributed by atoms with Gasteiger partial charge in [0.2, 0.25) is 5.91 Å². The molecule has 1 aliphatic heterocycles. The van der Waals surface area contributed by atoms with E-state index in [4.69, 9.17) is 5.11 Å². The Kier molecular flexibility index (Phi) is 5.06. The van der Waals surface area contributed by atoms with E-state index < -0.39 is 5.97 Å². The van der Waals surface area contributed by atoms with Gasteiger partial charge in [0, 0.05) is 18.1 Å². The largest absolute Gasteiger partial charge is 0.481 e. The fraction of sp³-hybridized carbons (Fsp3) is 0.467. The molecule has 0 bridgehead atoms. The quantitative estimate of drug-likeness (QED) is 0.924. The Hall–Kier alpha value is -1.49. The number of thioether (sulfide) groups is 1. The van der Waals surface area contributed by atoms with Gasteiger partial charge in [0.1, 0.15) is 0 Å². The molecule has 1 amide bonds. The second-order valence-corrected chi connectivity index (χ2v) is 6.14. The molecule has 1 aromatic rings. The Labute approximate surface area is 123 Å². The summed E-state index contributed by atoms with van der Waals surface area (Å²) in [6, 6.07) is 9.44. The number of amides is 1. The highest BCUT2D eigenvalue weighted by Crippen LogP contribution is 2.24. The van der Waals surface area contributed by atoms with Crippen molar-refractivity contribution in [1.82, 2.24) is 4.90 Å². The number of carbonyl (C=O) groups excluding carboxylic acids is 1. The molecule has 1 heterocycles. The summed E-state index contributed by atoms with van der Waals surface area (Å²) in [7, 11) is 0. The Morgan fingerprint density at radius 3 is 2.75 bits per heavy atom. The van der Waals surface area contributed by atoms with Gasteiger partial charge in [0.05, 0.1) is 18.4 Å². The predicted octanol–water partition coefficient (Wildman–Crippen LogP) is 2.21. The molecule has 1 aromatic carbocycles. The van der Waals surface area contributed by atoms with E-state index >= 15 is 0 Å². The highest BCUT2D eigenvalue weighted by Gasteiger charge is 2.31. The number of benzene rings is 1. The number of carboxylic acid groups (broad SMARTS) is 1. The van der Waals surface area contributed by atoms with Crippen LogP contribution in [0.2, 0.25) is 0 Å². The van der Waals surface area contributed by atoms with Crippen molar-refractivity contribution in [2.75, 3.05) is 18.1 Å². The summed E-state index contributed by atoms with van der Waals surface area (Å²) < 4.78 is 0. The van der Waals surface area contributed by atoms with Crippen LogP contribution in [-0.4, -0.2) is 46.0 Å². The SMILES string of the molecule is C[C@H](C(=O)N1CCSCC1CC(=O)O)c1ccccc1. The number of hydrogen-bond acceptors (Lipinski definition) is 3. The molecule has 1 unspecified atom stereocenters. The van der Waals surface area contributed by atoms with Crippen LogP contribution < -0.4 is 0 Å². The summed E-state index contributed by atoms with van der Waals surface area (Å²) in [5.74, 6) is 0.545. The normalized spacial score (nSPS) is 20.4. The lowest BCUT2D eigenvalue weighted by Gasteiger charge is -2.36. The zero-order chi connectivity index (χ0) is 14.5. The first kappa shape index (κ1) is 14.9. The van der Waals surface area contributed by atoms with E-state index in [1.165, 1.54) is 0 Å². The van der Waals surface area contributed by atoms with Crippen molar-refractivity contribution >= 4 is 23.6 Å². The molecule has 4 nitrogen and oxygen atoms in total. The van der Waals surface area contributed by atoms with Gasteiger partial charge in [-0.05, 0) is 12.5 Å². The van der Waals surface area contributed by atoms with Crippen molar-refractivity contribution in [1.29, 1.82) is 0 Å². The molecule has 5 heteroatoms. The molecule has 1 N–H and O–H groups in total. The number of rotatable bonds is 4. The summed E-state index contributed by atoms with van der Waals surface area (Å²) in [6.45, 7) is 2.52. The zero-order valence-electron chi connectivity index (χ0n) is 11.5. The van der Waals surface area contributed by atoms with Crippen molar-refractivity contribution < 1.29 is 14.7 Å². The molecule has 0 saturated carbocycles. The summed E-state index contributed by atoms with van der Waals surface area (Å²) in [5, 5.41) is 8.97. The standard InChI is InChI=1S/C15H19NO3S/c1-11(12-5-3-2-4-6-12)15(19)16-7-8-20-10-13(16)9-14(17)18/h2-6,11,13H,7-10H2,1H3,(H,17,18)/t11-,13?/m0/s1. The number of hydrogen-bond donors (Lipinski definition) is 1. The summed E-state index contributed by atoms with van der Waals surface area (Å²) in [4.78, 5) is 25.3. The van der Waals surface area contributed by atoms with Crippen molar-refractivity contribution in [2.24, 2.45) is 0 Å². The maximum absolute atomic E-state index is 12.6. The van der Waals surface area contributed by atoms with Gasteiger partial charge in [-0.15, -0.1) is 0 Å². The van der Waals surface area contributed by atoms with E-state index in [2.05, 4.69) is 0 Å². The third kappa shape index (κ3) is 3.54.